The lowest BCUT2D eigenvalue weighted by molar-refractivity contribution is -0.140. The molecule has 0 aromatic heterocycles. The minimum atomic E-state index is -0.461. The molecule has 0 heterocycles. The van der Waals surface area contributed by atoms with E-state index in [1.165, 1.54) is 7.11 Å². The van der Waals surface area contributed by atoms with Crippen LogP contribution < -0.4 is 0 Å². The molecule has 1 saturated carbocycles. The summed E-state index contributed by atoms with van der Waals surface area (Å²) in [4.78, 5) is 22.6. The standard InChI is InChI=1S/C21H38O5S/c1-3-4-7-10-17(23)15-27-21-18(16(14-22)13-19(21)24)11-8-5-6-9-12-20(25)26-2/h14,16-19,21,23-24H,3-13,15H2,1-2H3/t16?,17?,18-,19?,21+/m0/s1. The normalized spacial score (nSPS) is 26.1. The number of aliphatic hydroxyl groups is 2. The summed E-state index contributed by atoms with van der Waals surface area (Å²) in [5.74, 6) is 0.576. The van der Waals surface area contributed by atoms with Crippen LogP contribution in [0, 0.1) is 11.8 Å². The Labute approximate surface area is 168 Å². The number of hydrogen-bond acceptors (Lipinski definition) is 6. The van der Waals surface area contributed by atoms with E-state index in [1.807, 2.05) is 0 Å². The molecule has 1 aliphatic carbocycles. The Morgan fingerprint density at radius 2 is 1.96 bits per heavy atom. The summed E-state index contributed by atoms with van der Waals surface area (Å²) in [7, 11) is 1.41. The van der Waals surface area contributed by atoms with Crippen molar-refractivity contribution in [2.45, 2.75) is 95.0 Å². The molecule has 5 nitrogen and oxygen atoms in total. The molecular weight excluding hydrogens is 364 g/mol. The number of esters is 1. The quantitative estimate of drug-likeness (QED) is 0.247. The minimum Gasteiger partial charge on any atom is -0.469 e. The molecule has 1 fully saturated rings. The molecule has 5 atom stereocenters. The molecule has 1 rings (SSSR count). The number of aliphatic hydroxyl groups excluding tert-OH is 2. The van der Waals surface area contributed by atoms with Gasteiger partial charge in [-0.2, -0.15) is 11.8 Å². The zero-order chi connectivity index (χ0) is 20.1. The molecule has 158 valence electrons. The van der Waals surface area contributed by atoms with Crippen LogP contribution in [0.5, 0.6) is 0 Å². The van der Waals surface area contributed by atoms with Crippen molar-refractivity contribution < 1.29 is 24.5 Å². The van der Waals surface area contributed by atoms with Gasteiger partial charge in [0.15, 0.2) is 0 Å². The molecule has 0 aromatic carbocycles. The Balaban J connectivity index is 2.36. The van der Waals surface area contributed by atoms with Gasteiger partial charge in [0, 0.05) is 23.3 Å². The molecule has 0 bridgehead atoms. The monoisotopic (exact) mass is 402 g/mol. The number of ether oxygens (including phenoxy) is 1. The average molecular weight is 403 g/mol. The SMILES string of the molecule is CCCCCC(O)CS[C@H]1C(O)CC(C=O)[C@@H]1CCCCCCC(=O)OC. The third-order valence-electron chi connectivity index (χ3n) is 5.56. The van der Waals surface area contributed by atoms with E-state index in [0.717, 1.165) is 64.1 Å². The van der Waals surface area contributed by atoms with E-state index in [2.05, 4.69) is 11.7 Å². The van der Waals surface area contributed by atoms with Crippen molar-refractivity contribution in [2.75, 3.05) is 12.9 Å². The third-order valence-corrected chi connectivity index (χ3v) is 7.18. The van der Waals surface area contributed by atoms with Crippen molar-refractivity contribution in [3.63, 3.8) is 0 Å². The van der Waals surface area contributed by atoms with E-state index < -0.39 is 6.10 Å². The average Bonchev–Trinajstić information content (AvgIpc) is 2.97. The number of carbonyl (C=O) groups is 2. The molecule has 0 aliphatic heterocycles. The number of methoxy groups -OCH3 is 1. The van der Waals surface area contributed by atoms with Crippen molar-refractivity contribution in [1.29, 1.82) is 0 Å². The van der Waals surface area contributed by atoms with Gasteiger partial charge >= 0.3 is 5.97 Å². The third kappa shape index (κ3) is 9.44. The number of carbonyl (C=O) groups excluding carboxylic acids is 2. The maximum Gasteiger partial charge on any atom is 0.305 e. The van der Waals surface area contributed by atoms with Gasteiger partial charge in [-0.15, -0.1) is 0 Å². The molecule has 0 aromatic rings. The lowest BCUT2D eigenvalue weighted by Crippen LogP contribution is -2.26. The highest BCUT2D eigenvalue weighted by molar-refractivity contribution is 8.00. The zero-order valence-electron chi connectivity index (χ0n) is 17.0. The number of rotatable bonds is 15. The lowest BCUT2D eigenvalue weighted by Gasteiger charge is -2.24. The summed E-state index contributed by atoms with van der Waals surface area (Å²) in [6.07, 6.45) is 10.1. The van der Waals surface area contributed by atoms with Crippen molar-refractivity contribution in [3.8, 4) is 0 Å². The highest BCUT2D eigenvalue weighted by Gasteiger charge is 2.42. The number of aldehydes is 1. The fourth-order valence-corrected chi connectivity index (χ4v) is 5.46. The predicted octanol–water partition coefficient (Wildman–Crippen LogP) is 3.74. The summed E-state index contributed by atoms with van der Waals surface area (Å²) in [6.45, 7) is 2.15. The number of hydrogen-bond donors (Lipinski definition) is 2. The van der Waals surface area contributed by atoms with Crippen molar-refractivity contribution in [3.05, 3.63) is 0 Å². The minimum absolute atomic E-state index is 0.0381. The van der Waals surface area contributed by atoms with E-state index in [-0.39, 0.29) is 29.2 Å². The van der Waals surface area contributed by atoms with E-state index in [9.17, 15) is 19.8 Å². The lowest BCUT2D eigenvalue weighted by atomic mass is 9.91. The molecule has 1 aliphatic rings. The van der Waals surface area contributed by atoms with Crippen LogP contribution in [0.15, 0.2) is 0 Å². The Kier molecular flexibility index (Phi) is 13.1. The van der Waals surface area contributed by atoms with E-state index in [4.69, 9.17) is 0 Å². The maximum atomic E-state index is 11.4. The summed E-state index contributed by atoms with van der Waals surface area (Å²) < 4.78 is 4.64. The Morgan fingerprint density at radius 1 is 1.22 bits per heavy atom. The smallest absolute Gasteiger partial charge is 0.305 e. The molecular formula is C21H38O5S. The van der Waals surface area contributed by atoms with E-state index >= 15 is 0 Å². The van der Waals surface area contributed by atoms with Crippen molar-refractivity contribution in [2.24, 2.45) is 11.8 Å². The van der Waals surface area contributed by atoms with Crippen LogP contribution in [0.4, 0.5) is 0 Å². The van der Waals surface area contributed by atoms with Gasteiger partial charge in [-0.05, 0) is 31.6 Å². The van der Waals surface area contributed by atoms with Crippen LogP contribution in [0.2, 0.25) is 0 Å². The van der Waals surface area contributed by atoms with Crippen LogP contribution in [0.3, 0.4) is 0 Å². The van der Waals surface area contributed by atoms with Gasteiger partial charge in [0.05, 0.1) is 19.3 Å². The maximum absolute atomic E-state index is 11.4. The summed E-state index contributed by atoms with van der Waals surface area (Å²) in [6, 6.07) is 0. The first kappa shape index (κ1) is 24.4. The molecule has 2 N–H and O–H groups in total. The fourth-order valence-electron chi connectivity index (χ4n) is 3.93. The van der Waals surface area contributed by atoms with Crippen LogP contribution >= 0.6 is 11.8 Å². The second kappa shape index (κ2) is 14.4. The van der Waals surface area contributed by atoms with E-state index in [0.29, 0.717) is 18.6 Å². The fraction of sp³-hybridized carbons (Fsp3) is 0.905. The van der Waals surface area contributed by atoms with Gasteiger partial charge in [0.2, 0.25) is 0 Å². The van der Waals surface area contributed by atoms with Gasteiger partial charge < -0.3 is 19.7 Å². The number of thioether (sulfide) groups is 1. The van der Waals surface area contributed by atoms with Gasteiger partial charge in [-0.25, -0.2) is 0 Å². The zero-order valence-corrected chi connectivity index (χ0v) is 17.8. The first-order chi connectivity index (χ1) is 13.0. The molecule has 27 heavy (non-hydrogen) atoms. The molecule has 0 saturated heterocycles. The largest absolute Gasteiger partial charge is 0.469 e. The Hall–Kier alpha value is -0.590. The molecule has 0 amide bonds. The first-order valence-corrected chi connectivity index (χ1v) is 11.6. The van der Waals surface area contributed by atoms with Crippen molar-refractivity contribution >= 4 is 24.0 Å². The van der Waals surface area contributed by atoms with Gasteiger partial charge in [0.1, 0.15) is 6.29 Å². The Bertz CT molecular complexity index is 417. The summed E-state index contributed by atoms with van der Waals surface area (Å²) in [5.41, 5.74) is 0. The predicted molar refractivity (Wildman–Crippen MR) is 110 cm³/mol. The molecule has 3 unspecified atom stereocenters. The van der Waals surface area contributed by atoms with Crippen LogP contribution in [0.25, 0.3) is 0 Å². The van der Waals surface area contributed by atoms with E-state index in [1.54, 1.807) is 11.8 Å². The molecule has 0 radical (unpaired) electrons. The second-order valence-corrected chi connectivity index (χ2v) is 8.95. The molecule has 6 heteroatoms. The van der Waals surface area contributed by atoms with Crippen LogP contribution in [-0.2, 0) is 14.3 Å². The molecule has 0 spiro atoms. The van der Waals surface area contributed by atoms with Crippen molar-refractivity contribution in [1.82, 2.24) is 0 Å². The van der Waals surface area contributed by atoms with Gasteiger partial charge in [-0.1, -0.05) is 45.4 Å². The van der Waals surface area contributed by atoms with Gasteiger partial charge in [0.25, 0.3) is 0 Å². The second-order valence-electron chi connectivity index (χ2n) is 7.74. The van der Waals surface area contributed by atoms with Gasteiger partial charge in [-0.3, -0.25) is 4.79 Å². The highest BCUT2D eigenvalue weighted by atomic mass is 32.2. The summed E-state index contributed by atoms with van der Waals surface area (Å²) >= 11 is 1.64. The number of unbranched alkanes of at least 4 members (excludes halogenated alkanes) is 5. The van der Waals surface area contributed by atoms with Crippen LogP contribution in [0.1, 0.15) is 77.6 Å². The Morgan fingerprint density at radius 3 is 2.63 bits per heavy atom. The topological polar surface area (TPSA) is 83.8 Å². The highest BCUT2D eigenvalue weighted by Crippen LogP contribution is 2.42. The van der Waals surface area contributed by atoms with Crippen LogP contribution in [-0.4, -0.2) is 52.8 Å². The first-order valence-electron chi connectivity index (χ1n) is 10.5. The summed E-state index contributed by atoms with van der Waals surface area (Å²) in [5, 5.41) is 20.6.